The van der Waals surface area contributed by atoms with Gasteiger partial charge in [0.05, 0.1) is 22.5 Å². The summed E-state index contributed by atoms with van der Waals surface area (Å²) in [5, 5.41) is 4.54. The summed E-state index contributed by atoms with van der Waals surface area (Å²) in [6.07, 6.45) is 2.44. The molecule has 0 spiro atoms. The van der Waals surface area contributed by atoms with Crippen molar-refractivity contribution < 1.29 is 9.18 Å². The number of nitrogens with one attached hydrogen (secondary N) is 1. The Balaban J connectivity index is 1.35. The van der Waals surface area contributed by atoms with E-state index in [2.05, 4.69) is 20.3 Å². The van der Waals surface area contributed by atoms with Gasteiger partial charge < -0.3 is 0 Å². The Morgan fingerprint density at radius 3 is 2.50 bits per heavy atom. The number of hydrogen-bond acceptors (Lipinski definition) is 6. The van der Waals surface area contributed by atoms with Crippen molar-refractivity contribution in [2.45, 2.75) is 18.8 Å². The van der Waals surface area contributed by atoms with Crippen LogP contribution in [0.1, 0.15) is 34.0 Å². The van der Waals surface area contributed by atoms with E-state index in [0.29, 0.717) is 41.0 Å². The molecule has 5 aromatic rings. The summed E-state index contributed by atoms with van der Waals surface area (Å²) in [5.74, 6) is 0.235. The van der Waals surface area contributed by atoms with Gasteiger partial charge >= 0.3 is 0 Å². The number of fused-ring (bicyclic) bond motifs is 2. The number of ketones is 1. The molecule has 1 aliphatic carbocycles. The van der Waals surface area contributed by atoms with Crippen LogP contribution < -0.4 is 5.32 Å². The molecule has 0 saturated heterocycles. The molecule has 1 aliphatic rings. The van der Waals surface area contributed by atoms with Crippen LogP contribution in [0, 0.1) is 5.82 Å². The quantitative estimate of drug-likeness (QED) is 0.305. The van der Waals surface area contributed by atoms with Crippen LogP contribution in [0.5, 0.6) is 0 Å². The molecule has 36 heavy (non-hydrogen) atoms. The topological polar surface area (TPSA) is 80.7 Å². The van der Waals surface area contributed by atoms with Crippen molar-refractivity contribution in [1.82, 2.24) is 19.9 Å². The highest BCUT2D eigenvalue weighted by Crippen LogP contribution is 2.33. The molecule has 2 aromatic heterocycles. The molecule has 0 unspecified atom stereocenters. The largest absolute Gasteiger partial charge is 0.294 e. The lowest BCUT2D eigenvalue weighted by molar-refractivity contribution is 0.0962. The van der Waals surface area contributed by atoms with Crippen molar-refractivity contribution in [3.8, 4) is 11.3 Å². The van der Waals surface area contributed by atoms with Gasteiger partial charge in [0.15, 0.2) is 5.78 Å². The predicted octanol–water partition coefficient (Wildman–Crippen LogP) is 6.54. The third kappa shape index (κ3) is 4.29. The smallest absolute Gasteiger partial charge is 0.230 e. The second kappa shape index (κ2) is 9.09. The molecule has 0 bridgehead atoms. The molecular formula is C28H19ClFN5O. The second-order valence-electron chi connectivity index (χ2n) is 8.68. The molecular weight excluding hydrogens is 477 g/mol. The predicted molar refractivity (Wildman–Crippen MR) is 137 cm³/mol. The minimum Gasteiger partial charge on any atom is -0.294 e. The molecule has 0 radical (unpaired) electrons. The summed E-state index contributed by atoms with van der Waals surface area (Å²) in [6, 6.07) is 21.5. The van der Waals surface area contributed by atoms with E-state index in [4.69, 9.17) is 16.6 Å². The van der Waals surface area contributed by atoms with Gasteiger partial charge in [-0.1, -0.05) is 54.1 Å². The second-order valence-corrected chi connectivity index (χ2v) is 9.12. The number of anilines is 2. The van der Waals surface area contributed by atoms with E-state index in [0.717, 1.165) is 27.7 Å². The molecule has 6 nitrogen and oxygen atoms in total. The van der Waals surface area contributed by atoms with Crippen LogP contribution in [0.4, 0.5) is 16.3 Å². The van der Waals surface area contributed by atoms with Gasteiger partial charge in [0.1, 0.15) is 5.82 Å². The van der Waals surface area contributed by atoms with E-state index >= 15 is 0 Å². The number of halogens is 2. The summed E-state index contributed by atoms with van der Waals surface area (Å²) in [4.78, 5) is 31.1. The fourth-order valence-corrected chi connectivity index (χ4v) is 4.72. The Bertz CT molecular complexity index is 1610. The minimum absolute atomic E-state index is 0.0256. The molecule has 8 heteroatoms. The summed E-state index contributed by atoms with van der Waals surface area (Å²) in [6.45, 7) is 0. The summed E-state index contributed by atoms with van der Waals surface area (Å²) in [7, 11) is 0. The zero-order valence-electron chi connectivity index (χ0n) is 19.0. The third-order valence-electron chi connectivity index (χ3n) is 6.31. The molecule has 0 saturated carbocycles. The lowest BCUT2D eigenvalue weighted by atomic mass is 9.82. The number of carbonyl (C=O) groups is 1. The Kier molecular flexibility index (Phi) is 5.62. The summed E-state index contributed by atoms with van der Waals surface area (Å²) >= 11 is 6.25. The van der Waals surface area contributed by atoms with Crippen LogP contribution in [0.25, 0.3) is 22.2 Å². The highest BCUT2D eigenvalue weighted by atomic mass is 35.5. The zero-order chi connectivity index (χ0) is 24.6. The number of nitrogens with zero attached hydrogens (tertiary/aromatic N) is 4. The third-order valence-corrected chi connectivity index (χ3v) is 6.54. The number of aromatic nitrogens is 4. The van der Waals surface area contributed by atoms with Crippen molar-refractivity contribution in [3.63, 3.8) is 0 Å². The molecule has 3 aromatic carbocycles. The maximum absolute atomic E-state index is 13.4. The van der Waals surface area contributed by atoms with Crippen molar-refractivity contribution >= 4 is 40.2 Å². The molecule has 0 fully saturated rings. The normalized spacial score (nSPS) is 15.1. The Hall–Kier alpha value is -4.23. The van der Waals surface area contributed by atoms with Gasteiger partial charge in [-0.3, -0.25) is 10.1 Å². The van der Waals surface area contributed by atoms with Crippen molar-refractivity contribution in [2.75, 3.05) is 5.32 Å². The maximum Gasteiger partial charge on any atom is 0.230 e. The van der Waals surface area contributed by atoms with E-state index in [1.807, 2.05) is 42.5 Å². The van der Waals surface area contributed by atoms with Gasteiger partial charge in [-0.05, 0) is 48.2 Å². The van der Waals surface area contributed by atoms with Crippen LogP contribution in [-0.2, 0) is 6.42 Å². The average Bonchev–Trinajstić information content (AvgIpc) is 2.89. The SMILES string of the molecule is O=C1C[C@H](c2ccc(F)cc2)Cc2nc(Nc3nc(-c4ccccc4)c4cc(Cl)ccc4n3)ncc21. The number of hydrogen-bond donors (Lipinski definition) is 1. The highest BCUT2D eigenvalue weighted by molar-refractivity contribution is 6.31. The van der Waals surface area contributed by atoms with Gasteiger partial charge in [0.2, 0.25) is 11.9 Å². The zero-order valence-corrected chi connectivity index (χ0v) is 19.7. The van der Waals surface area contributed by atoms with Crippen LogP contribution in [-0.4, -0.2) is 25.7 Å². The van der Waals surface area contributed by atoms with Crippen molar-refractivity contribution in [3.05, 3.63) is 107 Å². The Morgan fingerprint density at radius 2 is 1.69 bits per heavy atom. The first-order valence-corrected chi connectivity index (χ1v) is 11.9. The van der Waals surface area contributed by atoms with Crippen LogP contribution in [0.2, 0.25) is 5.02 Å². The average molecular weight is 496 g/mol. The standard InChI is InChI=1S/C28H19ClFN5O/c29-19-8-11-23-21(14-19)26(17-4-2-1-3-5-17)34-28(32-23)35-27-31-15-22-24(33-27)12-18(13-25(22)36)16-6-9-20(30)10-7-16/h1-11,14-15,18H,12-13H2,(H,31,32,33,34,35)/t18-/m1/s1. The Labute approximate surface area is 211 Å². The first-order chi connectivity index (χ1) is 17.5. The summed E-state index contributed by atoms with van der Waals surface area (Å²) < 4.78 is 13.4. The first-order valence-electron chi connectivity index (χ1n) is 11.5. The first kappa shape index (κ1) is 22.2. The van der Waals surface area contributed by atoms with E-state index in [-0.39, 0.29) is 17.5 Å². The van der Waals surface area contributed by atoms with E-state index in [1.54, 1.807) is 24.4 Å². The molecule has 0 aliphatic heterocycles. The van der Waals surface area contributed by atoms with E-state index in [1.165, 1.54) is 12.1 Å². The van der Waals surface area contributed by atoms with Gasteiger partial charge in [-0.15, -0.1) is 0 Å². The van der Waals surface area contributed by atoms with E-state index < -0.39 is 0 Å². The van der Waals surface area contributed by atoms with Gasteiger partial charge in [-0.25, -0.2) is 24.3 Å². The lowest BCUT2D eigenvalue weighted by Gasteiger charge is -2.23. The molecule has 0 amide bonds. The fourth-order valence-electron chi connectivity index (χ4n) is 4.55. The molecule has 176 valence electrons. The number of carbonyl (C=O) groups excluding carboxylic acids is 1. The van der Waals surface area contributed by atoms with Gasteiger partial charge in [-0.2, -0.15) is 0 Å². The lowest BCUT2D eigenvalue weighted by Crippen LogP contribution is -2.21. The maximum atomic E-state index is 13.4. The van der Waals surface area contributed by atoms with Crippen LogP contribution >= 0.6 is 11.6 Å². The fraction of sp³-hybridized carbons (Fsp3) is 0.107. The Morgan fingerprint density at radius 1 is 0.889 bits per heavy atom. The van der Waals surface area contributed by atoms with Gasteiger partial charge in [0, 0.05) is 28.6 Å². The molecule has 1 N–H and O–H groups in total. The molecule has 2 heterocycles. The van der Waals surface area contributed by atoms with Crippen LogP contribution in [0.3, 0.4) is 0 Å². The number of benzene rings is 3. The summed E-state index contributed by atoms with van der Waals surface area (Å²) in [5.41, 5.74) is 4.45. The van der Waals surface area contributed by atoms with Crippen LogP contribution in [0.15, 0.2) is 79.0 Å². The molecule has 1 atom stereocenters. The number of rotatable bonds is 4. The monoisotopic (exact) mass is 495 g/mol. The number of Topliss-reactive ketones (excluding diaryl/α,β-unsaturated/α-hetero) is 1. The van der Waals surface area contributed by atoms with Crippen molar-refractivity contribution in [1.29, 1.82) is 0 Å². The van der Waals surface area contributed by atoms with E-state index in [9.17, 15) is 9.18 Å². The highest BCUT2D eigenvalue weighted by Gasteiger charge is 2.28. The minimum atomic E-state index is -0.303. The van der Waals surface area contributed by atoms with Gasteiger partial charge in [0.25, 0.3) is 0 Å². The molecule has 6 rings (SSSR count). The van der Waals surface area contributed by atoms with Crippen molar-refractivity contribution in [2.24, 2.45) is 0 Å².